The minimum absolute atomic E-state index is 0.0357. The highest BCUT2D eigenvalue weighted by atomic mass is 16.5. The van der Waals surface area contributed by atoms with Crippen molar-refractivity contribution in [2.45, 2.75) is 6.92 Å². The fourth-order valence-corrected chi connectivity index (χ4v) is 1.46. The number of rotatable bonds is 7. The second kappa shape index (κ2) is 8.51. The van der Waals surface area contributed by atoms with Gasteiger partial charge < -0.3 is 19.5 Å². The third-order valence-electron chi connectivity index (χ3n) is 2.47. The lowest BCUT2D eigenvalue weighted by Crippen LogP contribution is -2.15. The molecule has 1 N–H and O–H groups in total. The molecule has 0 bridgehead atoms. The van der Waals surface area contributed by atoms with Crippen molar-refractivity contribution in [2.75, 3.05) is 26.1 Å². The summed E-state index contributed by atoms with van der Waals surface area (Å²) < 4.78 is 14.6. The Hall–Kier alpha value is -2.76. The molecule has 0 saturated carbocycles. The summed E-state index contributed by atoms with van der Waals surface area (Å²) in [6.45, 7) is 6.01. The Labute approximate surface area is 129 Å². The largest absolute Gasteiger partial charge is 0.489 e. The molecule has 6 heteroatoms. The third kappa shape index (κ3) is 5.70. The van der Waals surface area contributed by atoms with Gasteiger partial charge in [0.25, 0.3) is 0 Å². The van der Waals surface area contributed by atoms with Gasteiger partial charge in [0.05, 0.1) is 20.3 Å². The molecule has 0 heterocycles. The van der Waals surface area contributed by atoms with E-state index in [-0.39, 0.29) is 5.70 Å². The van der Waals surface area contributed by atoms with E-state index in [1.165, 1.54) is 14.2 Å². The van der Waals surface area contributed by atoms with E-state index >= 15 is 0 Å². The predicted molar refractivity (Wildman–Crippen MR) is 82.5 cm³/mol. The first-order valence-corrected chi connectivity index (χ1v) is 6.48. The Bertz CT molecular complexity index is 592. The van der Waals surface area contributed by atoms with E-state index in [1.807, 2.05) is 6.92 Å². The molecule has 1 aromatic carbocycles. The van der Waals surface area contributed by atoms with Crippen LogP contribution in [-0.2, 0) is 19.1 Å². The zero-order chi connectivity index (χ0) is 16.5. The monoisotopic (exact) mass is 305 g/mol. The highest BCUT2D eigenvalue weighted by molar-refractivity contribution is 5.98. The van der Waals surface area contributed by atoms with Crippen LogP contribution in [0.5, 0.6) is 5.75 Å². The molecular weight excluding hydrogens is 286 g/mol. The Morgan fingerprint density at radius 1 is 1.27 bits per heavy atom. The molecule has 1 aromatic rings. The SMILES string of the molecule is C=C(C)COc1cccc(N/C(=C/C(=O)OC)C(=O)OC)c1. The summed E-state index contributed by atoms with van der Waals surface area (Å²) in [5.74, 6) is -0.739. The number of hydrogen-bond acceptors (Lipinski definition) is 6. The number of nitrogens with one attached hydrogen (secondary N) is 1. The highest BCUT2D eigenvalue weighted by Crippen LogP contribution is 2.19. The number of carbonyl (C=O) groups excluding carboxylic acids is 2. The molecule has 0 aliphatic carbocycles. The van der Waals surface area contributed by atoms with E-state index in [1.54, 1.807) is 24.3 Å². The lowest BCUT2D eigenvalue weighted by Gasteiger charge is -2.11. The van der Waals surface area contributed by atoms with Gasteiger partial charge in [-0.1, -0.05) is 12.6 Å². The standard InChI is InChI=1S/C16H19NO5/c1-11(2)10-22-13-7-5-6-12(8-13)17-14(16(19)21-4)9-15(18)20-3/h5-9,17H,1,10H2,2-4H3/b14-9+. The third-order valence-corrected chi connectivity index (χ3v) is 2.47. The number of hydrogen-bond donors (Lipinski definition) is 1. The van der Waals surface area contributed by atoms with E-state index in [0.717, 1.165) is 11.6 Å². The van der Waals surface area contributed by atoms with Crippen molar-refractivity contribution in [1.29, 1.82) is 0 Å². The molecule has 0 spiro atoms. The average molecular weight is 305 g/mol. The molecule has 0 amide bonds. The Balaban J connectivity index is 2.91. The summed E-state index contributed by atoms with van der Waals surface area (Å²) in [6.07, 6.45) is 1.02. The van der Waals surface area contributed by atoms with Crippen molar-refractivity contribution in [3.63, 3.8) is 0 Å². The molecule has 0 fully saturated rings. The number of carbonyl (C=O) groups is 2. The van der Waals surface area contributed by atoms with E-state index in [0.29, 0.717) is 18.0 Å². The fraction of sp³-hybridized carbons (Fsp3) is 0.250. The molecule has 1 rings (SSSR count). The quantitative estimate of drug-likeness (QED) is 0.473. The first-order valence-electron chi connectivity index (χ1n) is 6.48. The van der Waals surface area contributed by atoms with Gasteiger partial charge in [-0.25, -0.2) is 9.59 Å². The summed E-state index contributed by atoms with van der Waals surface area (Å²) >= 11 is 0. The van der Waals surface area contributed by atoms with Gasteiger partial charge in [-0.2, -0.15) is 0 Å². The van der Waals surface area contributed by atoms with Crippen LogP contribution in [0.1, 0.15) is 6.92 Å². The summed E-state index contributed by atoms with van der Waals surface area (Å²) in [5, 5.41) is 2.81. The maximum Gasteiger partial charge on any atom is 0.354 e. The van der Waals surface area contributed by atoms with Gasteiger partial charge in [0.2, 0.25) is 0 Å². The normalized spacial score (nSPS) is 10.6. The first kappa shape index (κ1) is 17.3. The molecule has 0 saturated heterocycles. The Morgan fingerprint density at radius 3 is 2.59 bits per heavy atom. The second-order valence-electron chi connectivity index (χ2n) is 4.47. The van der Waals surface area contributed by atoms with Crippen molar-refractivity contribution in [2.24, 2.45) is 0 Å². The lowest BCUT2D eigenvalue weighted by atomic mass is 10.2. The van der Waals surface area contributed by atoms with Crippen LogP contribution in [0.25, 0.3) is 0 Å². The number of methoxy groups -OCH3 is 2. The lowest BCUT2D eigenvalue weighted by molar-refractivity contribution is -0.138. The topological polar surface area (TPSA) is 73.9 Å². The van der Waals surface area contributed by atoms with Gasteiger partial charge in [-0.15, -0.1) is 0 Å². The molecule has 118 valence electrons. The summed E-state index contributed by atoms with van der Waals surface area (Å²) in [7, 11) is 2.45. The van der Waals surface area contributed by atoms with Crippen molar-refractivity contribution in [3.05, 3.63) is 48.2 Å². The molecule has 0 radical (unpaired) electrons. The van der Waals surface area contributed by atoms with E-state index in [4.69, 9.17) is 4.74 Å². The molecule has 22 heavy (non-hydrogen) atoms. The maximum atomic E-state index is 11.7. The van der Waals surface area contributed by atoms with Crippen LogP contribution >= 0.6 is 0 Å². The molecule has 0 atom stereocenters. The zero-order valence-electron chi connectivity index (χ0n) is 12.8. The van der Waals surface area contributed by atoms with Crippen LogP contribution in [0.15, 0.2) is 48.2 Å². The summed E-state index contributed by atoms with van der Waals surface area (Å²) in [5.41, 5.74) is 1.42. The van der Waals surface area contributed by atoms with E-state index in [9.17, 15) is 9.59 Å². The van der Waals surface area contributed by atoms with Gasteiger partial charge in [0.1, 0.15) is 18.1 Å². The zero-order valence-corrected chi connectivity index (χ0v) is 12.8. The Morgan fingerprint density at radius 2 is 2.00 bits per heavy atom. The van der Waals surface area contributed by atoms with E-state index < -0.39 is 11.9 Å². The van der Waals surface area contributed by atoms with Gasteiger partial charge in [-0.3, -0.25) is 0 Å². The summed E-state index contributed by atoms with van der Waals surface area (Å²) in [4.78, 5) is 23.0. The van der Waals surface area contributed by atoms with Crippen molar-refractivity contribution in [3.8, 4) is 5.75 Å². The van der Waals surface area contributed by atoms with Crippen molar-refractivity contribution >= 4 is 17.6 Å². The smallest absolute Gasteiger partial charge is 0.354 e. The average Bonchev–Trinajstić information content (AvgIpc) is 2.51. The van der Waals surface area contributed by atoms with Gasteiger partial charge in [0.15, 0.2) is 0 Å². The number of anilines is 1. The minimum atomic E-state index is -0.682. The number of esters is 2. The Kier molecular flexibility index (Phi) is 6.69. The van der Waals surface area contributed by atoms with Crippen LogP contribution in [0.2, 0.25) is 0 Å². The van der Waals surface area contributed by atoms with Gasteiger partial charge in [-0.05, 0) is 24.6 Å². The van der Waals surface area contributed by atoms with Crippen LogP contribution < -0.4 is 10.1 Å². The van der Waals surface area contributed by atoms with Crippen LogP contribution in [0, 0.1) is 0 Å². The van der Waals surface area contributed by atoms with Crippen molar-refractivity contribution in [1.82, 2.24) is 0 Å². The molecule has 0 aromatic heterocycles. The predicted octanol–water partition coefficient (Wildman–Crippen LogP) is 2.28. The minimum Gasteiger partial charge on any atom is -0.489 e. The number of benzene rings is 1. The molecule has 0 aliphatic rings. The van der Waals surface area contributed by atoms with Crippen LogP contribution in [-0.4, -0.2) is 32.8 Å². The first-order chi connectivity index (χ1) is 10.5. The summed E-state index contributed by atoms with van der Waals surface area (Å²) in [6, 6.07) is 6.94. The van der Waals surface area contributed by atoms with Gasteiger partial charge >= 0.3 is 11.9 Å². The van der Waals surface area contributed by atoms with Crippen LogP contribution in [0.3, 0.4) is 0 Å². The highest BCUT2D eigenvalue weighted by Gasteiger charge is 2.13. The number of ether oxygens (including phenoxy) is 3. The molecule has 0 unspecified atom stereocenters. The molecular formula is C16H19NO5. The molecule has 6 nitrogen and oxygen atoms in total. The fourth-order valence-electron chi connectivity index (χ4n) is 1.46. The van der Waals surface area contributed by atoms with Crippen molar-refractivity contribution < 1.29 is 23.8 Å². The van der Waals surface area contributed by atoms with Gasteiger partial charge in [0, 0.05) is 11.8 Å². The second-order valence-corrected chi connectivity index (χ2v) is 4.47. The molecule has 0 aliphatic heterocycles. The maximum absolute atomic E-state index is 11.7. The van der Waals surface area contributed by atoms with Crippen LogP contribution in [0.4, 0.5) is 5.69 Å². The van der Waals surface area contributed by atoms with E-state index in [2.05, 4.69) is 21.4 Å².